The van der Waals surface area contributed by atoms with Gasteiger partial charge in [0.05, 0.1) is 54.8 Å². The summed E-state index contributed by atoms with van der Waals surface area (Å²) in [7, 11) is 6.75. The van der Waals surface area contributed by atoms with Crippen molar-refractivity contribution in [1.29, 1.82) is 0 Å². The maximum absolute atomic E-state index is 14.3. The van der Waals surface area contributed by atoms with Gasteiger partial charge in [0.2, 0.25) is 23.6 Å². The molecular weight excluding hydrogens is 707 g/mol. The first-order valence-electron chi connectivity index (χ1n) is 19.7. The molecule has 1 aromatic carbocycles. The van der Waals surface area contributed by atoms with Gasteiger partial charge in [-0.25, -0.2) is 0 Å². The average Bonchev–Trinajstić information content (AvgIpc) is 3.62. The van der Waals surface area contributed by atoms with E-state index in [0.717, 1.165) is 12.8 Å². The third kappa shape index (κ3) is 12.4. The number of ether oxygens (including phenoxy) is 2. The summed E-state index contributed by atoms with van der Waals surface area (Å²) < 4.78 is 12.0. The minimum Gasteiger partial charge on any atom is -0.386 e. The minimum absolute atomic E-state index is 0.0212. The van der Waals surface area contributed by atoms with Gasteiger partial charge in [0.25, 0.3) is 0 Å². The van der Waals surface area contributed by atoms with Gasteiger partial charge in [-0.2, -0.15) is 12.6 Å². The number of hydrogen-bond acceptors (Lipinski definition) is 9. The van der Waals surface area contributed by atoms with Gasteiger partial charge in [-0.15, -0.1) is 0 Å². The molecule has 1 aliphatic heterocycles. The van der Waals surface area contributed by atoms with E-state index >= 15 is 0 Å². The maximum atomic E-state index is 14.3. The summed E-state index contributed by atoms with van der Waals surface area (Å²) in [6, 6.07) is 6.65. The molecule has 0 radical (unpaired) electrons. The highest BCUT2D eigenvalue weighted by atomic mass is 32.1. The molecule has 2 rings (SSSR count). The lowest BCUT2D eigenvalue weighted by atomic mass is 9.89. The second-order valence-corrected chi connectivity index (χ2v) is 16.3. The van der Waals surface area contributed by atoms with E-state index in [1.165, 1.54) is 0 Å². The van der Waals surface area contributed by atoms with Gasteiger partial charge in [-0.3, -0.25) is 24.1 Å². The van der Waals surface area contributed by atoms with Crippen molar-refractivity contribution in [3.63, 3.8) is 0 Å². The summed E-state index contributed by atoms with van der Waals surface area (Å²) in [5, 5.41) is 16.9. The number of carbonyl (C=O) groups is 4. The average molecular weight is 778 g/mol. The van der Waals surface area contributed by atoms with Crippen LogP contribution in [0.5, 0.6) is 0 Å². The van der Waals surface area contributed by atoms with Crippen LogP contribution in [-0.2, 0) is 28.7 Å². The van der Waals surface area contributed by atoms with Crippen LogP contribution in [-0.4, -0.2) is 133 Å². The molecule has 0 aromatic heterocycles. The van der Waals surface area contributed by atoms with E-state index in [4.69, 9.17) is 9.47 Å². The van der Waals surface area contributed by atoms with Crippen LogP contribution in [0.3, 0.4) is 0 Å². The Labute approximate surface area is 330 Å². The molecule has 13 heteroatoms. The van der Waals surface area contributed by atoms with Gasteiger partial charge in [0, 0.05) is 40.1 Å². The highest BCUT2D eigenvalue weighted by molar-refractivity contribution is 7.80. The summed E-state index contributed by atoms with van der Waals surface area (Å²) >= 11 is 4.35. The number of amides is 4. The third-order valence-corrected chi connectivity index (χ3v) is 11.5. The molecular formula is C41H71N5O7S. The Morgan fingerprint density at radius 1 is 0.944 bits per heavy atom. The zero-order valence-corrected chi connectivity index (χ0v) is 35.8. The molecule has 4 amide bonds. The second-order valence-electron chi connectivity index (χ2n) is 15.9. The minimum atomic E-state index is -0.879. The Morgan fingerprint density at radius 2 is 1.57 bits per heavy atom. The van der Waals surface area contributed by atoms with Crippen molar-refractivity contribution in [3.8, 4) is 0 Å². The number of carbonyl (C=O) groups excluding carboxylic acids is 4. The maximum Gasteiger partial charge on any atom is 0.245 e. The van der Waals surface area contributed by atoms with Crippen LogP contribution in [0.1, 0.15) is 92.7 Å². The number of likely N-dealkylation sites (tertiary alicyclic amines) is 1. The Kier molecular flexibility index (Phi) is 20.0. The van der Waals surface area contributed by atoms with Gasteiger partial charge in [0.15, 0.2) is 0 Å². The fourth-order valence-electron chi connectivity index (χ4n) is 7.96. The Morgan fingerprint density at radius 3 is 2.09 bits per heavy atom. The number of hydrogen-bond donors (Lipinski definition) is 4. The summed E-state index contributed by atoms with van der Waals surface area (Å²) in [6.07, 6.45) is 0.111. The lowest BCUT2D eigenvalue weighted by molar-refractivity contribution is -0.148. The molecule has 1 aliphatic rings. The van der Waals surface area contributed by atoms with E-state index in [0.29, 0.717) is 30.8 Å². The smallest absolute Gasteiger partial charge is 0.245 e. The number of aliphatic hydroxyl groups excluding tert-OH is 1. The van der Waals surface area contributed by atoms with Crippen LogP contribution in [0.15, 0.2) is 30.3 Å². The number of rotatable bonds is 22. The zero-order valence-electron chi connectivity index (χ0n) is 35.0. The molecule has 1 heterocycles. The van der Waals surface area contributed by atoms with Crippen LogP contribution in [0.25, 0.3) is 0 Å². The topological polar surface area (TPSA) is 141 Å². The van der Waals surface area contributed by atoms with E-state index in [1.807, 2.05) is 83.8 Å². The monoisotopic (exact) mass is 778 g/mol. The summed E-state index contributed by atoms with van der Waals surface area (Å²) in [6.45, 7) is 16.6. The molecule has 1 saturated heterocycles. The molecule has 0 saturated carbocycles. The standard InChI is InChI=1S/C41H71N5O7S/c1-13-27(6)36(45(10)41(51)34(25(2)3)43-40(50)35(26(4)5)44(9)22-23-54)32(52-11)24-33(47)46-21-17-20-31(46)38(53-12)28(7)39(49)42-29(8)37(48)30-18-15-14-16-19-30/h14-16,18-19,25-29,31-32,34-38,48,54H,13,17,20-24H2,1-12H3,(H,42,49)(H,43,50)/t27-,28+,29+,31?,32+,34?,35?,36-,37+,38+/m0/s1. The van der Waals surface area contributed by atoms with Crippen molar-refractivity contribution in [1.82, 2.24) is 25.3 Å². The molecule has 0 aliphatic carbocycles. The van der Waals surface area contributed by atoms with E-state index in [-0.39, 0.29) is 53.8 Å². The van der Waals surface area contributed by atoms with Crippen LogP contribution in [0, 0.1) is 23.7 Å². The molecule has 1 fully saturated rings. The van der Waals surface area contributed by atoms with E-state index < -0.39 is 48.4 Å². The second kappa shape index (κ2) is 22.7. The largest absolute Gasteiger partial charge is 0.386 e. The molecule has 10 atom stereocenters. The quantitative estimate of drug-likeness (QED) is 0.129. The van der Waals surface area contributed by atoms with Gasteiger partial charge in [0.1, 0.15) is 6.04 Å². The number of nitrogens with one attached hydrogen (secondary N) is 2. The highest BCUT2D eigenvalue weighted by Crippen LogP contribution is 2.30. The Hall–Kier alpha value is -2.71. The molecule has 0 bridgehead atoms. The number of likely N-dealkylation sites (N-methyl/N-ethyl adjacent to an activating group) is 2. The van der Waals surface area contributed by atoms with Crippen molar-refractivity contribution < 1.29 is 33.8 Å². The van der Waals surface area contributed by atoms with Crippen LogP contribution in [0.2, 0.25) is 0 Å². The number of nitrogens with zero attached hydrogens (tertiary/aromatic N) is 3. The first-order chi connectivity index (χ1) is 25.5. The fraction of sp³-hybridized carbons (Fsp3) is 0.756. The van der Waals surface area contributed by atoms with Gasteiger partial charge in [-0.05, 0) is 50.1 Å². The fourth-order valence-corrected chi connectivity index (χ4v) is 8.28. The number of aliphatic hydroxyl groups is 1. The molecule has 3 unspecified atom stereocenters. The summed E-state index contributed by atoms with van der Waals surface area (Å²) in [5.74, 6) is -1.04. The lowest BCUT2D eigenvalue weighted by Crippen LogP contribution is -2.60. The molecule has 12 nitrogen and oxygen atoms in total. The predicted molar refractivity (Wildman–Crippen MR) is 217 cm³/mol. The van der Waals surface area contributed by atoms with Crippen molar-refractivity contribution in [3.05, 3.63) is 35.9 Å². The Balaban J connectivity index is 2.26. The van der Waals surface area contributed by atoms with Crippen molar-refractivity contribution in [2.24, 2.45) is 23.7 Å². The van der Waals surface area contributed by atoms with E-state index in [1.54, 1.807) is 44.9 Å². The molecule has 0 spiro atoms. The van der Waals surface area contributed by atoms with Crippen molar-refractivity contribution in [2.75, 3.05) is 47.2 Å². The number of methoxy groups -OCH3 is 2. The number of benzene rings is 1. The molecule has 54 heavy (non-hydrogen) atoms. The highest BCUT2D eigenvalue weighted by Gasteiger charge is 2.43. The predicted octanol–water partition coefficient (Wildman–Crippen LogP) is 4.17. The van der Waals surface area contributed by atoms with Crippen molar-refractivity contribution in [2.45, 2.75) is 130 Å². The van der Waals surface area contributed by atoms with E-state index in [9.17, 15) is 24.3 Å². The SMILES string of the molecule is CC[C@H](C)[C@@H]([C@@H](CC(=O)N1CCCC1[C@H](OC)[C@@H](C)C(=O)N[C@H](C)[C@@H](O)c1ccccc1)OC)N(C)C(=O)C(NC(=O)C(C(C)C)N(C)CCS)C(C)C. The third-order valence-electron chi connectivity index (χ3n) is 11.3. The Bertz CT molecular complexity index is 1320. The normalized spacial score (nSPS) is 19.8. The van der Waals surface area contributed by atoms with Gasteiger partial charge >= 0.3 is 0 Å². The van der Waals surface area contributed by atoms with Crippen LogP contribution in [0.4, 0.5) is 0 Å². The molecule has 1 aromatic rings. The lowest BCUT2D eigenvalue weighted by Gasteiger charge is -2.41. The van der Waals surface area contributed by atoms with Crippen molar-refractivity contribution >= 4 is 36.3 Å². The first kappa shape index (κ1) is 47.4. The van der Waals surface area contributed by atoms with Crippen LogP contribution < -0.4 is 10.6 Å². The zero-order chi connectivity index (χ0) is 40.9. The van der Waals surface area contributed by atoms with Crippen LogP contribution >= 0.6 is 12.6 Å². The summed E-state index contributed by atoms with van der Waals surface area (Å²) in [5.41, 5.74) is 0.710. The molecule has 308 valence electrons. The molecule has 3 N–H and O–H groups in total. The van der Waals surface area contributed by atoms with Gasteiger partial charge < -0.3 is 35.0 Å². The number of thiol groups is 1. The summed E-state index contributed by atoms with van der Waals surface area (Å²) in [4.78, 5) is 61.1. The van der Waals surface area contributed by atoms with Gasteiger partial charge in [-0.1, -0.05) is 85.2 Å². The first-order valence-corrected chi connectivity index (χ1v) is 20.4. The van der Waals surface area contributed by atoms with E-state index in [2.05, 4.69) is 23.3 Å².